The van der Waals surface area contributed by atoms with Crippen molar-refractivity contribution < 1.29 is 19.0 Å². The third kappa shape index (κ3) is 3.69. The number of methoxy groups -OCH3 is 1. The highest BCUT2D eigenvalue weighted by Crippen LogP contribution is 2.35. The van der Waals surface area contributed by atoms with Crippen molar-refractivity contribution >= 4 is 11.6 Å². The Kier molecular flexibility index (Phi) is 4.76. The number of benzene rings is 3. The molecule has 0 saturated carbocycles. The summed E-state index contributed by atoms with van der Waals surface area (Å²) in [5, 5.41) is 7.63. The van der Waals surface area contributed by atoms with Crippen LogP contribution in [-0.2, 0) is 0 Å². The Morgan fingerprint density at radius 2 is 1.84 bits per heavy atom. The Bertz CT molecular complexity index is 1250. The van der Waals surface area contributed by atoms with Gasteiger partial charge in [-0.05, 0) is 36.4 Å². The molecule has 31 heavy (non-hydrogen) atoms. The molecule has 0 bridgehead atoms. The molecule has 4 aromatic rings. The van der Waals surface area contributed by atoms with Crippen molar-refractivity contribution in [2.75, 3.05) is 19.2 Å². The molecule has 0 saturated heterocycles. The first kappa shape index (κ1) is 18.7. The summed E-state index contributed by atoms with van der Waals surface area (Å²) in [6, 6.07) is 22.4. The van der Waals surface area contributed by atoms with E-state index < -0.39 is 0 Å². The average Bonchev–Trinajstić information content (AvgIpc) is 3.47. The van der Waals surface area contributed by atoms with Crippen molar-refractivity contribution in [2.24, 2.45) is 0 Å². The van der Waals surface area contributed by atoms with Crippen LogP contribution in [0.25, 0.3) is 16.9 Å². The molecule has 1 aliphatic heterocycles. The quantitative estimate of drug-likeness (QED) is 0.520. The summed E-state index contributed by atoms with van der Waals surface area (Å²) in [5.41, 5.74) is 3.24. The minimum Gasteiger partial charge on any atom is -0.497 e. The van der Waals surface area contributed by atoms with Crippen LogP contribution in [0, 0.1) is 0 Å². The molecule has 1 amide bonds. The van der Waals surface area contributed by atoms with Crippen molar-refractivity contribution in [1.29, 1.82) is 0 Å². The largest absolute Gasteiger partial charge is 0.497 e. The zero-order valence-corrected chi connectivity index (χ0v) is 16.7. The summed E-state index contributed by atoms with van der Waals surface area (Å²) in [6.45, 7) is 0.177. The van der Waals surface area contributed by atoms with Gasteiger partial charge in [0.05, 0.1) is 18.4 Å². The minimum atomic E-state index is -0.279. The van der Waals surface area contributed by atoms with Crippen LogP contribution in [0.5, 0.6) is 17.2 Å². The maximum Gasteiger partial charge on any atom is 0.259 e. The summed E-state index contributed by atoms with van der Waals surface area (Å²) >= 11 is 0. The number of fused-ring (bicyclic) bond motifs is 1. The Morgan fingerprint density at radius 1 is 1.00 bits per heavy atom. The number of para-hydroxylation sites is 1. The smallest absolute Gasteiger partial charge is 0.259 e. The van der Waals surface area contributed by atoms with Gasteiger partial charge in [0, 0.05) is 23.5 Å². The molecular weight excluding hydrogens is 394 g/mol. The van der Waals surface area contributed by atoms with Crippen LogP contribution < -0.4 is 19.5 Å². The summed E-state index contributed by atoms with van der Waals surface area (Å²) < 4.78 is 17.8. The molecular formula is C24H19N3O4. The van der Waals surface area contributed by atoms with E-state index in [-0.39, 0.29) is 12.7 Å². The molecule has 154 valence electrons. The Balaban J connectivity index is 1.54. The molecule has 0 unspecified atom stereocenters. The third-order valence-corrected chi connectivity index (χ3v) is 4.95. The molecule has 7 heteroatoms. The molecule has 1 N–H and O–H groups in total. The number of aromatic nitrogens is 2. The number of carbonyl (C=O) groups excluding carboxylic acids is 1. The number of nitrogens with zero attached hydrogens (tertiary/aromatic N) is 2. The number of ether oxygens (including phenoxy) is 3. The Hall–Kier alpha value is -4.26. The second kappa shape index (κ2) is 7.87. The molecule has 0 radical (unpaired) electrons. The molecule has 1 aromatic heterocycles. The van der Waals surface area contributed by atoms with Crippen molar-refractivity contribution in [3.63, 3.8) is 0 Å². The van der Waals surface area contributed by atoms with Gasteiger partial charge in [-0.2, -0.15) is 5.10 Å². The Morgan fingerprint density at radius 3 is 2.68 bits per heavy atom. The van der Waals surface area contributed by atoms with Gasteiger partial charge in [-0.25, -0.2) is 4.68 Å². The van der Waals surface area contributed by atoms with E-state index in [2.05, 4.69) is 5.32 Å². The van der Waals surface area contributed by atoms with E-state index in [4.69, 9.17) is 19.3 Å². The number of hydrogen-bond acceptors (Lipinski definition) is 5. The summed E-state index contributed by atoms with van der Waals surface area (Å²) in [5.74, 6) is 1.67. The second-order valence-electron chi connectivity index (χ2n) is 6.93. The van der Waals surface area contributed by atoms with Gasteiger partial charge in [-0.1, -0.05) is 30.3 Å². The normalized spacial score (nSPS) is 11.9. The van der Waals surface area contributed by atoms with Crippen molar-refractivity contribution in [3.8, 4) is 34.2 Å². The van der Waals surface area contributed by atoms with Crippen LogP contribution in [-0.4, -0.2) is 29.6 Å². The predicted octanol–water partition coefficient (Wildman–Crippen LogP) is 4.53. The third-order valence-electron chi connectivity index (χ3n) is 4.95. The van der Waals surface area contributed by atoms with Gasteiger partial charge in [0.2, 0.25) is 6.79 Å². The summed E-state index contributed by atoms with van der Waals surface area (Å²) in [6.07, 6.45) is 1.73. The number of rotatable bonds is 5. The van der Waals surface area contributed by atoms with Crippen molar-refractivity contribution in [2.45, 2.75) is 0 Å². The highest BCUT2D eigenvalue weighted by molar-refractivity contribution is 6.08. The highest BCUT2D eigenvalue weighted by Gasteiger charge is 2.20. The van der Waals surface area contributed by atoms with E-state index in [9.17, 15) is 4.79 Å². The van der Waals surface area contributed by atoms with Crippen LogP contribution >= 0.6 is 0 Å². The highest BCUT2D eigenvalue weighted by atomic mass is 16.7. The van der Waals surface area contributed by atoms with Crippen molar-refractivity contribution in [3.05, 3.63) is 84.6 Å². The van der Waals surface area contributed by atoms with Gasteiger partial charge in [0.1, 0.15) is 11.4 Å². The molecule has 0 fully saturated rings. The first-order valence-electron chi connectivity index (χ1n) is 9.72. The summed E-state index contributed by atoms with van der Waals surface area (Å²) in [7, 11) is 1.61. The topological polar surface area (TPSA) is 74.6 Å². The first-order chi connectivity index (χ1) is 15.2. The molecule has 0 atom stereocenters. The maximum absolute atomic E-state index is 13.2. The second-order valence-corrected chi connectivity index (χ2v) is 6.93. The number of anilines is 1. The molecule has 0 aliphatic carbocycles. The standard InChI is InChI=1S/C24H19N3O4/c1-29-19-9-5-6-16(12-19)23-20(14-27(26-23)18-7-3-2-4-8-18)24(28)25-17-10-11-21-22(13-17)31-15-30-21/h2-14H,15H2,1H3,(H,25,28). The van der Waals surface area contributed by atoms with Gasteiger partial charge in [-0.15, -0.1) is 0 Å². The van der Waals surface area contributed by atoms with E-state index in [1.807, 2.05) is 54.6 Å². The minimum absolute atomic E-state index is 0.177. The Labute approximate surface area is 178 Å². The van der Waals surface area contributed by atoms with Gasteiger partial charge in [-0.3, -0.25) is 4.79 Å². The van der Waals surface area contributed by atoms with Crippen molar-refractivity contribution in [1.82, 2.24) is 9.78 Å². The zero-order valence-electron chi connectivity index (χ0n) is 16.7. The monoisotopic (exact) mass is 413 g/mol. The predicted molar refractivity (Wildman–Crippen MR) is 116 cm³/mol. The van der Waals surface area contributed by atoms with Crippen LogP contribution in [0.2, 0.25) is 0 Å². The molecule has 0 spiro atoms. The van der Waals surface area contributed by atoms with Gasteiger partial charge >= 0.3 is 0 Å². The van der Waals surface area contributed by atoms with Crippen LogP contribution in [0.15, 0.2) is 79.0 Å². The van der Waals surface area contributed by atoms with Crippen LogP contribution in [0.3, 0.4) is 0 Å². The van der Waals surface area contributed by atoms with E-state index in [1.165, 1.54) is 0 Å². The van der Waals surface area contributed by atoms with Crippen LogP contribution in [0.4, 0.5) is 5.69 Å². The lowest BCUT2D eigenvalue weighted by atomic mass is 10.1. The molecule has 2 heterocycles. The van der Waals surface area contributed by atoms with E-state index in [1.54, 1.807) is 36.2 Å². The van der Waals surface area contributed by atoms with Gasteiger partial charge in [0.25, 0.3) is 5.91 Å². The van der Waals surface area contributed by atoms with E-state index >= 15 is 0 Å². The SMILES string of the molecule is COc1cccc(-c2nn(-c3ccccc3)cc2C(=O)Nc2ccc3c(c2)OCO3)c1. The van der Waals surface area contributed by atoms with Crippen LogP contribution in [0.1, 0.15) is 10.4 Å². The first-order valence-corrected chi connectivity index (χ1v) is 9.72. The number of amides is 1. The number of hydrogen-bond donors (Lipinski definition) is 1. The van der Waals surface area contributed by atoms with Gasteiger partial charge < -0.3 is 19.5 Å². The zero-order chi connectivity index (χ0) is 21.2. The lowest BCUT2D eigenvalue weighted by molar-refractivity contribution is 0.102. The maximum atomic E-state index is 13.2. The molecule has 3 aromatic carbocycles. The fraction of sp³-hybridized carbons (Fsp3) is 0.0833. The van der Waals surface area contributed by atoms with E-state index in [0.29, 0.717) is 34.2 Å². The lowest BCUT2D eigenvalue weighted by Crippen LogP contribution is -2.12. The average molecular weight is 413 g/mol. The molecule has 7 nitrogen and oxygen atoms in total. The fourth-order valence-corrected chi connectivity index (χ4v) is 3.41. The van der Waals surface area contributed by atoms with Gasteiger partial charge in [0.15, 0.2) is 11.5 Å². The molecule has 5 rings (SSSR count). The number of carbonyl (C=O) groups is 1. The lowest BCUT2D eigenvalue weighted by Gasteiger charge is -2.07. The molecule has 1 aliphatic rings. The summed E-state index contributed by atoms with van der Waals surface area (Å²) in [4.78, 5) is 13.2. The van der Waals surface area contributed by atoms with E-state index in [0.717, 1.165) is 11.3 Å². The fourth-order valence-electron chi connectivity index (χ4n) is 3.41. The number of nitrogens with one attached hydrogen (secondary N) is 1.